The van der Waals surface area contributed by atoms with Crippen LogP contribution in [0, 0.1) is 6.92 Å². The summed E-state index contributed by atoms with van der Waals surface area (Å²) in [6.45, 7) is 3.86. The molecule has 0 atom stereocenters. The molecule has 1 amide bonds. The van der Waals surface area contributed by atoms with Crippen LogP contribution in [0.1, 0.15) is 26.4 Å². The molecular weight excluding hydrogens is 424 g/mol. The molecule has 0 unspecified atom stereocenters. The zero-order valence-electron chi connectivity index (χ0n) is 17.4. The summed E-state index contributed by atoms with van der Waals surface area (Å²) in [5, 5.41) is 3.93. The Labute approximate surface area is 188 Å². The molecule has 6 rings (SSSR count). The highest BCUT2D eigenvalue weighted by molar-refractivity contribution is 7.20. The van der Waals surface area contributed by atoms with Crippen LogP contribution in [0.25, 0.3) is 10.2 Å². The standard InChI is InChI=1S/C24H20N4O3S/c1-14-20-22(28-9-8-15-4-2-3-5-16(15)11-28)25-12-26-24(20)32-21(14)23(29)27-17-6-7-18-19(10-17)31-13-30-18/h2-7,10,12H,8-9,11,13H2,1H3,(H,27,29). The number of aromatic nitrogens is 2. The summed E-state index contributed by atoms with van der Waals surface area (Å²) in [5.74, 6) is 2.04. The molecular formula is C24H20N4O3S. The molecule has 2 aliphatic heterocycles. The van der Waals surface area contributed by atoms with Gasteiger partial charge in [0.15, 0.2) is 11.5 Å². The lowest BCUT2D eigenvalue weighted by molar-refractivity contribution is 0.103. The van der Waals surface area contributed by atoms with Crippen molar-refractivity contribution in [2.45, 2.75) is 19.9 Å². The first-order valence-corrected chi connectivity index (χ1v) is 11.3. The predicted molar refractivity (Wildman–Crippen MR) is 124 cm³/mol. The third-order valence-electron chi connectivity index (χ3n) is 5.97. The zero-order valence-corrected chi connectivity index (χ0v) is 18.2. The zero-order chi connectivity index (χ0) is 21.7. The molecule has 0 saturated carbocycles. The van der Waals surface area contributed by atoms with E-state index < -0.39 is 0 Å². The quantitative estimate of drug-likeness (QED) is 0.500. The lowest BCUT2D eigenvalue weighted by atomic mass is 9.99. The number of hydrogen-bond donors (Lipinski definition) is 1. The second-order valence-corrected chi connectivity index (χ2v) is 8.90. The molecule has 1 N–H and O–H groups in total. The number of anilines is 2. The fourth-order valence-electron chi connectivity index (χ4n) is 4.35. The summed E-state index contributed by atoms with van der Waals surface area (Å²) in [5.41, 5.74) is 4.27. The lowest BCUT2D eigenvalue weighted by Gasteiger charge is -2.30. The van der Waals surface area contributed by atoms with Crippen molar-refractivity contribution in [3.63, 3.8) is 0 Å². The predicted octanol–water partition coefficient (Wildman–Crippen LogP) is 4.54. The Kier molecular flexibility index (Phi) is 4.46. The van der Waals surface area contributed by atoms with Gasteiger partial charge in [-0.05, 0) is 42.2 Å². The Morgan fingerprint density at radius 3 is 2.84 bits per heavy atom. The number of carbonyl (C=O) groups is 1. The van der Waals surface area contributed by atoms with Gasteiger partial charge in [-0.15, -0.1) is 11.3 Å². The van der Waals surface area contributed by atoms with Crippen molar-refractivity contribution in [3.8, 4) is 11.5 Å². The molecule has 0 aliphatic carbocycles. The number of thiophene rings is 1. The minimum Gasteiger partial charge on any atom is -0.454 e. The number of nitrogens with zero attached hydrogens (tertiary/aromatic N) is 3. The molecule has 2 aromatic heterocycles. The van der Waals surface area contributed by atoms with E-state index in [1.165, 1.54) is 22.5 Å². The maximum absolute atomic E-state index is 13.1. The van der Waals surface area contributed by atoms with E-state index in [9.17, 15) is 4.79 Å². The normalized spacial score (nSPS) is 14.5. The highest BCUT2D eigenvalue weighted by Gasteiger charge is 2.24. The van der Waals surface area contributed by atoms with Crippen molar-refractivity contribution in [1.82, 2.24) is 9.97 Å². The maximum Gasteiger partial charge on any atom is 0.266 e. The first-order chi connectivity index (χ1) is 15.7. The summed E-state index contributed by atoms with van der Waals surface area (Å²) in [4.78, 5) is 25.9. The average molecular weight is 445 g/mol. The van der Waals surface area contributed by atoms with Crippen molar-refractivity contribution in [3.05, 3.63) is 70.4 Å². The molecule has 0 bridgehead atoms. The summed E-state index contributed by atoms with van der Waals surface area (Å²) >= 11 is 1.39. The number of nitrogens with one attached hydrogen (secondary N) is 1. The van der Waals surface area contributed by atoms with Gasteiger partial charge >= 0.3 is 0 Å². The van der Waals surface area contributed by atoms with Crippen molar-refractivity contribution in [2.24, 2.45) is 0 Å². The minimum absolute atomic E-state index is 0.167. The van der Waals surface area contributed by atoms with Gasteiger partial charge in [0.05, 0.1) is 10.3 Å². The number of fused-ring (bicyclic) bond motifs is 3. The molecule has 8 heteroatoms. The van der Waals surface area contributed by atoms with Crippen molar-refractivity contribution >= 4 is 39.0 Å². The van der Waals surface area contributed by atoms with E-state index in [-0.39, 0.29) is 12.7 Å². The van der Waals surface area contributed by atoms with Gasteiger partial charge < -0.3 is 19.7 Å². The molecule has 4 aromatic rings. The molecule has 160 valence electrons. The van der Waals surface area contributed by atoms with Crippen LogP contribution in [0.4, 0.5) is 11.5 Å². The van der Waals surface area contributed by atoms with Crippen LogP contribution in [0.5, 0.6) is 11.5 Å². The van der Waals surface area contributed by atoms with Gasteiger partial charge in [0, 0.05) is 24.8 Å². The summed E-state index contributed by atoms with van der Waals surface area (Å²) < 4.78 is 10.8. The van der Waals surface area contributed by atoms with Crippen LogP contribution >= 0.6 is 11.3 Å². The fourth-order valence-corrected chi connectivity index (χ4v) is 5.39. The van der Waals surface area contributed by atoms with E-state index in [0.717, 1.165) is 41.1 Å². The maximum atomic E-state index is 13.1. The third kappa shape index (κ3) is 3.15. The Balaban J connectivity index is 1.32. The SMILES string of the molecule is Cc1c(C(=O)Nc2ccc3c(c2)OCO3)sc2ncnc(N3CCc4ccccc4C3)c12. The van der Waals surface area contributed by atoms with E-state index in [1.54, 1.807) is 18.5 Å². The van der Waals surface area contributed by atoms with Gasteiger partial charge in [-0.2, -0.15) is 0 Å². The Bertz CT molecular complexity index is 1370. The minimum atomic E-state index is -0.167. The van der Waals surface area contributed by atoms with Crippen molar-refractivity contribution in [1.29, 1.82) is 0 Å². The number of ether oxygens (including phenoxy) is 2. The van der Waals surface area contributed by atoms with Gasteiger partial charge in [-0.3, -0.25) is 4.79 Å². The topological polar surface area (TPSA) is 76.6 Å². The van der Waals surface area contributed by atoms with Gasteiger partial charge in [-0.1, -0.05) is 24.3 Å². The number of carbonyl (C=O) groups excluding carboxylic acids is 1. The Hall–Kier alpha value is -3.65. The summed E-state index contributed by atoms with van der Waals surface area (Å²) in [7, 11) is 0. The molecule has 4 heterocycles. The molecule has 7 nitrogen and oxygen atoms in total. The molecule has 2 aliphatic rings. The van der Waals surface area contributed by atoms with Gasteiger partial charge in [0.1, 0.15) is 17.0 Å². The monoisotopic (exact) mass is 444 g/mol. The van der Waals surface area contributed by atoms with Crippen LogP contribution in [-0.2, 0) is 13.0 Å². The molecule has 2 aromatic carbocycles. The second kappa shape index (κ2) is 7.49. The lowest BCUT2D eigenvalue weighted by Crippen LogP contribution is -2.31. The van der Waals surface area contributed by atoms with E-state index >= 15 is 0 Å². The first kappa shape index (κ1) is 19.1. The van der Waals surface area contributed by atoms with Gasteiger partial charge in [0.2, 0.25) is 6.79 Å². The van der Waals surface area contributed by atoms with E-state index in [4.69, 9.17) is 9.47 Å². The van der Waals surface area contributed by atoms with Crippen molar-refractivity contribution in [2.75, 3.05) is 23.6 Å². The summed E-state index contributed by atoms with van der Waals surface area (Å²) in [6, 6.07) is 13.9. The molecule has 0 saturated heterocycles. The van der Waals surface area contributed by atoms with Crippen LogP contribution in [0.3, 0.4) is 0 Å². The van der Waals surface area contributed by atoms with Crippen LogP contribution < -0.4 is 19.7 Å². The molecule has 0 spiro atoms. The van der Waals surface area contributed by atoms with Crippen LogP contribution in [0.2, 0.25) is 0 Å². The van der Waals surface area contributed by atoms with Crippen LogP contribution in [-0.4, -0.2) is 29.2 Å². The molecule has 32 heavy (non-hydrogen) atoms. The molecule has 0 fully saturated rings. The second-order valence-electron chi connectivity index (χ2n) is 7.90. The molecule has 0 radical (unpaired) electrons. The third-order valence-corrected chi connectivity index (χ3v) is 7.17. The smallest absolute Gasteiger partial charge is 0.266 e. The number of aryl methyl sites for hydroxylation is 1. The Morgan fingerprint density at radius 2 is 1.94 bits per heavy atom. The van der Waals surface area contributed by atoms with Gasteiger partial charge in [0.25, 0.3) is 5.91 Å². The number of amides is 1. The van der Waals surface area contributed by atoms with Crippen molar-refractivity contribution < 1.29 is 14.3 Å². The first-order valence-electron chi connectivity index (χ1n) is 10.4. The number of rotatable bonds is 3. The van der Waals surface area contributed by atoms with E-state index in [0.29, 0.717) is 22.1 Å². The average Bonchev–Trinajstić information content (AvgIpc) is 3.43. The van der Waals surface area contributed by atoms with Crippen LogP contribution in [0.15, 0.2) is 48.8 Å². The number of benzene rings is 2. The van der Waals surface area contributed by atoms with Gasteiger partial charge in [-0.25, -0.2) is 9.97 Å². The van der Waals surface area contributed by atoms with E-state index in [2.05, 4.69) is 44.5 Å². The Morgan fingerprint density at radius 1 is 1.09 bits per heavy atom. The van der Waals surface area contributed by atoms with E-state index in [1.807, 2.05) is 13.0 Å². The fraction of sp³-hybridized carbons (Fsp3) is 0.208. The highest BCUT2D eigenvalue weighted by atomic mass is 32.1. The number of hydrogen-bond acceptors (Lipinski definition) is 7. The highest BCUT2D eigenvalue weighted by Crippen LogP contribution is 2.38. The largest absolute Gasteiger partial charge is 0.454 e. The summed E-state index contributed by atoms with van der Waals surface area (Å²) in [6.07, 6.45) is 2.57.